The topological polar surface area (TPSA) is 134 Å². The van der Waals surface area contributed by atoms with Gasteiger partial charge in [0.05, 0.1) is 36.8 Å². The Morgan fingerprint density at radius 2 is 1.85 bits per heavy atom. The SMILES string of the molecule is COc1cc2[nH]c3c(C#N)c(=O)c4nc(NCc5ccccc5)ncc4n3c(=O)c2cc1OC. The van der Waals surface area contributed by atoms with Crippen molar-refractivity contribution >= 4 is 33.5 Å². The predicted molar refractivity (Wildman–Crippen MR) is 126 cm³/mol. The van der Waals surface area contributed by atoms with Crippen molar-refractivity contribution in [2.75, 3.05) is 19.5 Å². The number of nitriles is 1. The summed E-state index contributed by atoms with van der Waals surface area (Å²) in [5, 5.41) is 13.1. The number of aromatic amines is 1. The fraction of sp³-hybridized carbons (Fsp3) is 0.125. The van der Waals surface area contributed by atoms with E-state index in [0.29, 0.717) is 23.6 Å². The molecule has 3 heterocycles. The van der Waals surface area contributed by atoms with Crippen molar-refractivity contribution in [3.05, 3.63) is 80.4 Å². The molecule has 0 amide bonds. The summed E-state index contributed by atoms with van der Waals surface area (Å²) in [7, 11) is 2.94. The number of aromatic nitrogens is 4. The Hall–Kier alpha value is -4.91. The molecule has 0 aliphatic heterocycles. The van der Waals surface area contributed by atoms with Crippen molar-refractivity contribution in [2.24, 2.45) is 0 Å². The number of rotatable bonds is 5. The van der Waals surface area contributed by atoms with Crippen molar-refractivity contribution in [3.63, 3.8) is 0 Å². The molecule has 0 bridgehead atoms. The molecule has 0 saturated carbocycles. The zero-order chi connectivity index (χ0) is 23.8. The van der Waals surface area contributed by atoms with E-state index in [1.807, 2.05) is 36.4 Å². The van der Waals surface area contributed by atoms with E-state index >= 15 is 0 Å². The zero-order valence-corrected chi connectivity index (χ0v) is 18.2. The first-order chi connectivity index (χ1) is 16.5. The molecule has 34 heavy (non-hydrogen) atoms. The van der Waals surface area contributed by atoms with Crippen molar-refractivity contribution in [1.29, 1.82) is 5.26 Å². The fourth-order valence-corrected chi connectivity index (χ4v) is 3.87. The molecule has 2 N–H and O–H groups in total. The molecule has 10 heteroatoms. The minimum atomic E-state index is -0.599. The van der Waals surface area contributed by atoms with Crippen molar-refractivity contribution < 1.29 is 9.47 Å². The van der Waals surface area contributed by atoms with Crippen LogP contribution >= 0.6 is 0 Å². The fourth-order valence-electron chi connectivity index (χ4n) is 3.87. The summed E-state index contributed by atoms with van der Waals surface area (Å²) < 4.78 is 11.9. The molecule has 0 aliphatic carbocycles. The second kappa shape index (κ2) is 8.22. The third-order valence-electron chi connectivity index (χ3n) is 5.53. The second-order valence-electron chi connectivity index (χ2n) is 7.45. The van der Waals surface area contributed by atoms with E-state index in [9.17, 15) is 14.9 Å². The smallest absolute Gasteiger partial charge is 0.266 e. The van der Waals surface area contributed by atoms with Crippen LogP contribution in [0, 0.1) is 11.3 Å². The molecule has 0 unspecified atom stereocenters. The van der Waals surface area contributed by atoms with Gasteiger partial charge in [0, 0.05) is 12.6 Å². The number of hydrogen-bond donors (Lipinski definition) is 2. The monoisotopic (exact) mass is 454 g/mol. The van der Waals surface area contributed by atoms with Gasteiger partial charge in [-0.25, -0.2) is 9.97 Å². The zero-order valence-electron chi connectivity index (χ0n) is 18.2. The minimum absolute atomic E-state index is 0.0371. The molecule has 0 atom stereocenters. The van der Waals surface area contributed by atoms with E-state index in [0.717, 1.165) is 5.56 Å². The highest BCUT2D eigenvalue weighted by Crippen LogP contribution is 2.30. The Bertz CT molecular complexity index is 1740. The second-order valence-corrected chi connectivity index (χ2v) is 7.45. The number of H-pyrrole nitrogens is 1. The maximum atomic E-state index is 13.5. The van der Waals surface area contributed by atoms with Crippen molar-refractivity contribution in [2.45, 2.75) is 6.54 Å². The van der Waals surface area contributed by atoms with Gasteiger partial charge >= 0.3 is 0 Å². The lowest BCUT2D eigenvalue weighted by molar-refractivity contribution is 0.355. The average molecular weight is 454 g/mol. The van der Waals surface area contributed by atoms with E-state index in [1.165, 1.54) is 24.8 Å². The molecule has 10 nitrogen and oxygen atoms in total. The van der Waals surface area contributed by atoms with Gasteiger partial charge in [0.2, 0.25) is 11.4 Å². The van der Waals surface area contributed by atoms with Gasteiger partial charge in [0.25, 0.3) is 5.56 Å². The summed E-state index contributed by atoms with van der Waals surface area (Å²) in [6.07, 6.45) is 1.40. The van der Waals surface area contributed by atoms with Gasteiger partial charge in [-0.05, 0) is 11.6 Å². The Labute approximate surface area is 192 Å². The van der Waals surface area contributed by atoms with Crippen LogP contribution in [-0.2, 0) is 6.54 Å². The standard InChI is InChI=1S/C24H18N6O4/c1-33-18-8-14-16(9-19(18)34-2)28-22-15(10-25)21(31)20-17(30(22)23(14)32)12-27-24(29-20)26-11-13-6-4-3-5-7-13/h3-9,12,28H,11H2,1-2H3,(H,26,27,29). The molecular weight excluding hydrogens is 436 g/mol. The third kappa shape index (κ3) is 3.27. The largest absolute Gasteiger partial charge is 0.493 e. The molecule has 0 spiro atoms. The minimum Gasteiger partial charge on any atom is -0.493 e. The van der Waals surface area contributed by atoms with Crippen LogP contribution in [-0.4, -0.2) is 33.6 Å². The van der Waals surface area contributed by atoms with E-state index in [4.69, 9.17) is 9.47 Å². The van der Waals surface area contributed by atoms with Crippen molar-refractivity contribution in [3.8, 4) is 17.6 Å². The van der Waals surface area contributed by atoms with Gasteiger partial charge in [-0.2, -0.15) is 5.26 Å². The van der Waals surface area contributed by atoms with E-state index in [2.05, 4.69) is 20.3 Å². The first kappa shape index (κ1) is 21.0. The molecule has 5 aromatic rings. The highest BCUT2D eigenvalue weighted by Gasteiger charge is 2.19. The number of benzene rings is 2. The van der Waals surface area contributed by atoms with Gasteiger partial charge in [-0.1, -0.05) is 30.3 Å². The highest BCUT2D eigenvalue weighted by atomic mass is 16.5. The van der Waals surface area contributed by atoms with E-state index in [-0.39, 0.29) is 33.6 Å². The summed E-state index contributed by atoms with van der Waals surface area (Å²) >= 11 is 0. The predicted octanol–water partition coefficient (Wildman–Crippen LogP) is 2.59. The Morgan fingerprint density at radius 1 is 1.12 bits per heavy atom. The number of nitrogens with zero attached hydrogens (tertiary/aromatic N) is 4. The van der Waals surface area contributed by atoms with Crippen LogP contribution in [0.4, 0.5) is 5.95 Å². The quantitative estimate of drug-likeness (QED) is 0.306. The number of ether oxygens (including phenoxy) is 2. The summed E-state index contributed by atoms with van der Waals surface area (Å²) in [4.78, 5) is 38.3. The first-order valence-corrected chi connectivity index (χ1v) is 10.3. The Balaban J connectivity index is 1.77. The van der Waals surface area contributed by atoms with Gasteiger partial charge in [0.15, 0.2) is 11.5 Å². The molecule has 0 fully saturated rings. The van der Waals surface area contributed by atoms with Gasteiger partial charge in [-0.15, -0.1) is 0 Å². The van der Waals surface area contributed by atoms with Gasteiger partial charge in [0.1, 0.15) is 22.8 Å². The van der Waals surface area contributed by atoms with Gasteiger partial charge in [-0.3, -0.25) is 14.0 Å². The van der Waals surface area contributed by atoms with Crippen LogP contribution in [0.25, 0.3) is 27.6 Å². The van der Waals surface area contributed by atoms with E-state index < -0.39 is 11.0 Å². The number of methoxy groups -OCH3 is 2. The number of hydrogen-bond acceptors (Lipinski definition) is 8. The van der Waals surface area contributed by atoms with Crippen LogP contribution < -0.4 is 25.8 Å². The number of nitrogens with one attached hydrogen (secondary N) is 2. The summed E-state index contributed by atoms with van der Waals surface area (Å²) in [5.41, 5.74) is 0.309. The Morgan fingerprint density at radius 3 is 2.56 bits per heavy atom. The maximum Gasteiger partial charge on any atom is 0.266 e. The molecule has 0 aliphatic rings. The lowest BCUT2D eigenvalue weighted by atomic mass is 10.1. The summed E-state index contributed by atoms with van der Waals surface area (Å²) in [6, 6.07) is 14.7. The average Bonchev–Trinajstić information content (AvgIpc) is 2.87. The van der Waals surface area contributed by atoms with Crippen LogP contribution in [0.2, 0.25) is 0 Å². The van der Waals surface area contributed by atoms with Gasteiger partial charge < -0.3 is 19.8 Å². The summed E-state index contributed by atoms with van der Waals surface area (Å²) in [5.74, 6) is 0.976. The molecular formula is C24H18N6O4. The highest BCUT2D eigenvalue weighted by molar-refractivity contribution is 5.88. The van der Waals surface area contributed by atoms with Crippen LogP contribution in [0.1, 0.15) is 11.1 Å². The van der Waals surface area contributed by atoms with E-state index in [1.54, 1.807) is 12.1 Å². The summed E-state index contributed by atoms with van der Waals surface area (Å²) in [6.45, 7) is 0.444. The first-order valence-electron chi connectivity index (χ1n) is 10.3. The number of pyridine rings is 1. The molecule has 168 valence electrons. The Kier molecular flexibility index (Phi) is 5.07. The molecule has 3 aromatic heterocycles. The van der Waals surface area contributed by atoms with Crippen LogP contribution in [0.5, 0.6) is 11.5 Å². The lowest BCUT2D eigenvalue weighted by Gasteiger charge is -2.13. The molecule has 5 rings (SSSR count). The lowest BCUT2D eigenvalue weighted by Crippen LogP contribution is -2.23. The van der Waals surface area contributed by atoms with Crippen LogP contribution in [0.15, 0.2) is 58.3 Å². The maximum absolute atomic E-state index is 13.5. The number of anilines is 1. The third-order valence-corrected chi connectivity index (χ3v) is 5.53. The van der Waals surface area contributed by atoms with Crippen molar-refractivity contribution in [1.82, 2.24) is 19.4 Å². The normalized spacial score (nSPS) is 11.0. The van der Waals surface area contributed by atoms with Crippen LogP contribution in [0.3, 0.4) is 0 Å². The molecule has 0 saturated heterocycles. The molecule has 2 aromatic carbocycles. The molecule has 0 radical (unpaired) electrons. The number of fused-ring (bicyclic) bond motifs is 4.